The van der Waals surface area contributed by atoms with Crippen molar-refractivity contribution in [1.29, 1.82) is 0 Å². The number of hydrogen-bond donors (Lipinski definition) is 4. The third kappa shape index (κ3) is 1.50. The lowest BCUT2D eigenvalue weighted by Gasteiger charge is -1.97. The van der Waals surface area contributed by atoms with Gasteiger partial charge in [-0.2, -0.15) is 5.10 Å². The molecule has 0 aliphatic carbocycles. The van der Waals surface area contributed by atoms with Gasteiger partial charge in [0, 0.05) is 5.39 Å². The van der Waals surface area contributed by atoms with Crippen molar-refractivity contribution in [3.8, 4) is 0 Å². The van der Waals surface area contributed by atoms with E-state index >= 15 is 0 Å². The molecule has 0 aliphatic rings. The van der Waals surface area contributed by atoms with E-state index in [1.54, 1.807) is 23.8 Å². The fourth-order valence-corrected chi connectivity index (χ4v) is 1.16. The Kier molecular flexibility index (Phi) is 2.04. The number of rotatable bonds is 1. The molecule has 0 saturated heterocycles. The van der Waals surface area contributed by atoms with Gasteiger partial charge in [0.15, 0.2) is 0 Å². The molecule has 1 heterocycles. The number of nitrogens with zero attached hydrogens (tertiary/aromatic N) is 2. The van der Waals surface area contributed by atoms with Gasteiger partial charge in [-0.05, 0) is 18.2 Å². The number of aromatic amines is 1. The Morgan fingerprint density at radius 3 is 3.21 bits per heavy atom. The van der Waals surface area contributed by atoms with E-state index in [1.807, 2.05) is 6.07 Å². The average molecular weight is 191 g/mol. The number of aromatic nitrogens is 2. The Morgan fingerprint density at radius 2 is 2.43 bits per heavy atom. The van der Waals surface area contributed by atoms with Crippen LogP contribution in [0.1, 0.15) is 0 Å². The Hall–Kier alpha value is -2.08. The van der Waals surface area contributed by atoms with Crippen molar-refractivity contribution < 1.29 is 5.21 Å². The minimum Gasteiger partial charge on any atom is -0.368 e. The van der Waals surface area contributed by atoms with Crippen LogP contribution in [0.25, 0.3) is 10.9 Å². The fraction of sp³-hybridized carbons (Fsp3) is 0. The molecule has 2 aromatic rings. The van der Waals surface area contributed by atoms with Crippen LogP contribution in [-0.2, 0) is 0 Å². The van der Waals surface area contributed by atoms with Crippen LogP contribution >= 0.6 is 0 Å². The number of aliphatic imine (C=N–C) groups is 1. The van der Waals surface area contributed by atoms with Gasteiger partial charge in [0.25, 0.3) is 0 Å². The summed E-state index contributed by atoms with van der Waals surface area (Å²) in [6, 6.07) is 5.43. The monoisotopic (exact) mass is 191 g/mol. The minimum absolute atomic E-state index is 0.0520. The van der Waals surface area contributed by atoms with Crippen LogP contribution in [0.4, 0.5) is 5.69 Å². The molecular weight excluding hydrogens is 182 g/mol. The van der Waals surface area contributed by atoms with Crippen molar-refractivity contribution in [2.45, 2.75) is 0 Å². The highest BCUT2D eigenvalue weighted by molar-refractivity contribution is 5.84. The van der Waals surface area contributed by atoms with Gasteiger partial charge in [0.1, 0.15) is 0 Å². The molecule has 72 valence electrons. The molecule has 0 atom stereocenters. The standard InChI is InChI=1S/C8H9N5O/c9-8(13-14)11-6-2-1-5-4-10-12-7(5)3-6/h1-4,14H,(H,10,12)(H3,9,11,13). The smallest absolute Gasteiger partial charge is 0.218 e. The molecule has 6 nitrogen and oxygen atoms in total. The number of benzene rings is 1. The van der Waals surface area contributed by atoms with Crippen LogP contribution in [-0.4, -0.2) is 21.4 Å². The summed E-state index contributed by atoms with van der Waals surface area (Å²) in [5.41, 5.74) is 8.56. The Morgan fingerprint density at radius 1 is 1.57 bits per heavy atom. The largest absolute Gasteiger partial charge is 0.368 e. The van der Waals surface area contributed by atoms with Crippen molar-refractivity contribution in [1.82, 2.24) is 15.7 Å². The molecule has 0 amide bonds. The molecule has 1 aromatic heterocycles. The Balaban J connectivity index is 2.44. The van der Waals surface area contributed by atoms with Gasteiger partial charge >= 0.3 is 0 Å². The predicted molar refractivity (Wildman–Crippen MR) is 52.3 cm³/mol. The summed E-state index contributed by atoms with van der Waals surface area (Å²) in [6.07, 6.45) is 1.72. The van der Waals surface area contributed by atoms with E-state index in [0.29, 0.717) is 5.69 Å². The summed E-state index contributed by atoms with van der Waals surface area (Å²) in [7, 11) is 0. The second-order valence-corrected chi connectivity index (χ2v) is 2.75. The Bertz CT molecular complexity index is 475. The fourth-order valence-electron chi connectivity index (χ4n) is 1.16. The predicted octanol–water partition coefficient (Wildman–Crippen LogP) is 0.488. The topological polar surface area (TPSA) is 99.3 Å². The molecule has 0 spiro atoms. The summed E-state index contributed by atoms with van der Waals surface area (Å²) >= 11 is 0. The van der Waals surface area contributed by atoms with Crippen LogP contribution in [0.3, 0.4) is 0 Å². The Labute approximate surface area is 79.4 Å². The molecule has 0 aliphatic heterocycles. The summed E-state index contributed by atoms with van der Waals surface area (Å²) in [6.45, 7) is 0. The third-order valence-electron chi connectivity index (χ3n) is 1.79. The number of nitrogens with one attached hydrogen (secondary N) is 2. The van der Waals surface area contributed by atoms with E-state index in [4.69, 9.17) is 10.9 Å². The van der Waals surface area contributed by atoms with Gasteiger partial charge in [-0.3, -0.25) is 10.3 Å². The molecular formula is C8H9N5O. The van der Waals surface area contributed by atoms with E-state index in [-0.39, 0.29) is 5.96 Å². The van der Waals surface area contributed by atoms with Gasteiger partial charge in [-0.25, -0.2) is 10.5 Å². The number of guanidine groups is 1. The van der Waals surface area contributed by atoms with Crippen molar-refractivity contribution >= 4 is 22.5 Å². The van der Waals surface area contributed by atoms with Crippen LogP contribution in [0.5, 0.6) is 0 Å². The van der Waals surface area contributed by atoms with Crippen molar-refractivity contribution in [3.05, 3.63) is 24.4 Å². The molecule has 6 heteroatoms. The van der Waals surface area contributed by atoms with Crippen molar-refractivity contribution in [2.75, 3.05) is 0 Å². The summed E-state index contributed by atoms with van der Waals surface area (Å²) in [4.78, 5) is 3.89. The quantitative estimate of drug-likeness (QED) is 0.299. The molecule has 5 N–H and O–H groups in total. The number of hydroxylamine groups is 1. The van der Waals surface area contributed by atoms with Crippen molar-refractivity contribution in [2.24, 2.45) is 10.7 Å². The van der Waals surface area contributed by atoms with Crippen LogP contribution in [0, 0.1) is 0 Å². The zero-order chi connectivity index (χ0) is 9.97. The second-order valence-electron chi connectivity index (χ2n) is 2.75. The second kappa shape index (κ2) is 3.35. The van der Waals surface area contributed by atoms with Gasteiger partial charge in [0.05, 0.1) is 17.4 Å². The van der Waals surface area contributed by atoms with E-state index in [1.165, 1.54) is 0 Å². The van der Waals surface area contributed by atoms with Crippen molar-refractivity contribution in [3.63, 3.8) is 0 Å². The molecule has 0 saturated carbocycles. The third-order valence-corrected chi connectivity index (χ3v) is 1.79. The van der Waals surface area contributed by atoms with Gasteiger partial charge in [-0.15, -0.1) is 0 Å². The van der Waals surface area contributed by atoms with E-state index in [2.05, 4.69) is 15.2 Å². The first kappa shape index (κ1) is 8.52. The average Bonchev–Trinajstić information content (AvgIpc) is 2.64. The zero-order valence-electron chi connectivity index (χ0n) is 7.23. The maximum atomic E-state index is 8.44. The zero-order valence-corrected chi connectivity index (χ0v) is 7.23. The van der Waals surface area contributed by atoms with Gasteiger partial charge in [0.2, 0.25) is 5.96 Å². The molecule has 0 unspecified atom stereocenters. The first-order chi connectivity index (χ1) is 6.79. The first-order valence-corrected chi connectivity index (χ1v) is 3.97. The summed E-state index contributed by atoms with van der Waals surface area (Å²) in [5, 5.41) is 16.1. The number of H-pyrrole nitrogens is 1. The van der Waals surface area contributed by atoms with Gasteiger partial charge < -0.3 is 5.73 Å². The SMILES string of the molecule is NC(=Nc1ccc2cn[nH]c2c1)NO. The van der Waals surface area contributed by atoms with Crippen LogP contribution in [0.2, 0.25) is 0 Å². The lowest BCUT2D eigenvalue weighted by atomic mass is 10.2. The van der Waals surface area contributed by atoms with E-state index < -0.39 is 0 Å². The normalized spacial score (nSPS) is 11.9. The molecule has 2 rings (SSSR count). The highest BCUT2D eigenvalue weighted by Crippen LogP contribution is 2.18. The first-order valence-electron chi connectivity index (χ1n) is 3.97. The van der Waals surface area contributed by atoms with E-state index in [9.17, 15) is 0 Å². The number of hydrogen-bond acceptors (Lipinski definition) is 3. The lowest BCUT2D eigenvalue weighted by Crippen LogP contribution is -2.27. The van der Waals surface area contributed by atoms with Crippen LogP contribution < -0.4 is 11.2 Å². The molecule has 1 aromatic carbocycles. The van der Waals surface area contributed by atoms with Gasteiger partial charge in [-0.1, -0.05) is 0 Å². The number of fused-ring (bicyclic) bond motifs is 1. The molecule has 14 heavy (non-hydrogen) atoms. The maximum absolute atomic E-state index is 8.44. The molecule has 0 fully saturated rings. The lowest BCUT2D eigenvalue weighted by molar-refractivity contribution is 0.233. The maximum Gasteiger partial charge on any atom is 0.218 e. The minimum atomic E-state index is -0.0520. The highest BCUT2D eigenvalue weighted by atomic mass is 16.5. The van der Waals surface area contributed by atoms with E-state index in [0.717, 1.165) is 10.9 Å². The number of nitrogens with two attached hydrogens (primary N) is 1. The highest BCUT2D eigenvalue weighted by Gasteiger charge is 1.97. The van der Waals surface area contributed by atoms with Crippen LogP contribution in [0.15, 0.2) is 29.4 Å². The molecule has 0 bridgehead atoms. The summed E-state index contributed by atoms with van der Waals surface area (Å²) in [5.74, 6) is -0.0520. The molecule has 0 radical (unpaired) electrons. The summed E-state index contributed by atoms with van der Waals surface area (Å²) < 4.78 is 0.